The van der Waals surface area contributed by atoms with E-state index in [2.05, 4.69) is 54.8 Å². The van der Waals surface area contributed by atoms with Crippen molar-refractivity contribution in [3.8, 4) is 5.75 Å². The molecule has 0 spiro atoms. The van der Waals surface area contributed by atoms with E-state index in [1.54, 1.807) is 0 Å². The van der Waals surface area contributed by atoms with Crippen molar-refractivity contribution in [1.82, 2.24) is 9.55 Å². The number of para-hydroxylation sites is 2. The molecule has 2 N–H and O–H groups in total. The van der Waals surface area contributed by atoms with Gasteiger partial charge in [0.2, 0.25) is 0 Å². The highest BCUT2D eigenvalue weighted by Gasteiger charge is 2.11. The SMILES string of the molecule is Cc1ccc(C)c(OCc2nc3ccccc3n2CCCCN)c1. The number of aryl methyl sites for hydroxylation is 3. The van der Waals surface area contributed by atoms with E-state index in [0.29, 0.717) is 6.61 Å². The number of nitrogens with zero attached hydrogens (tertiary/aromatic N) is 2. The Kier molecular flexibility index (Phi) is 5.16. The van der Waals surface area contributed by atoms with Crippen LogP contribution in [0, 0.1) is 13.8 Å². The minimum atomic E-state index is 0.474. The molecule has 4 heteroatoms. The molecule has 0 aliphatic carbocycles. The van der Waals surface area contributed by atoms with Gasteiger partial charge in [-0.15, -0.1) is 0 Å². The summed E-state index contributed by atoms with van der Waals surface area (Å²) in [6.45, 7) is 6.26. The Morgan fingerprint density at radius 2 is 1.92 bits per heavy atom. The summed E-state index contributed by atoms with van der Waals surface area (Å²) < 4.78 is 8.33. The summed E-state index contributed by atoms with van der Waals surface area (Å²) in [7, 11) is 0. The topological polar surface area (TPSA) is 53.1 Å². The smallest absolute Gasteiger partial charge is 0.147 e. The van der Waals surface area contributed by atoms with Gasteiger partial charge in [-0.3, -0.25) is 0 Å². The molecule has 126 valence electrons. The molecule has 0 saturated heterocycles. The molecule has 0 fully saturated rings. The summed E-state index contributed by atoms with van der Waals surface area (Å²) >= 11 is 0. The Labute approximate surface area is 143 Å². The van der Waals surface area contributed by atoms with Crippen LogP contribution in [0.1, 0.15) is 29.8 Å². The van der Waals surface area contributed by atoms with Crippen molar-refractivity contribution in [3.63, 3.8) is 0 Å². The molecule has 0 saturated carbocycles. The molecule has 0 unspecified atom stereocenters. The molecule has 2 aromatic carbocycles. The lowest BCUT2D eigenvalue weighted by Crippen LogP contribution is -2.09. The Morgan fingerprint density at radius 1 is 1.08 bits per heavy atom. The number of nitrogens with two attached hydrogens (primary N) is 1. The highest BCUT2D eigenvalue weighted by atomic mass is 16.5. The zero-order chi connectivity index (χ0) is 16.9. The van der Waals surface area contributed by atoms with Crippen molar-refractivity contribution in [1.29, 1.82) is 0 Å². The van der Waals surface area contributed by atoms with E-state index in [-0.39, 0.29) is 0 Å². The predicted octanol–water partition coefficient (Wildman–Crippen LogP) is 3.97. The molecule has 1 aromatic heterocycles. The van der Waals surface area contributed by atoms with Gasteiger partial charge in [-0.05, 0) is 62.6 Å². The average molecular weight is 323 g/mol. The van der Waals surface area contributed by atoms with Crippen LogP contribution in [0.15, 0.2) is 42.5 Å². The van der Waals surface area contributed by atoms with E-state index in [9.17, 15) is 0 Å². The van der Waals surface area contributed by atoms with Crippen LogP contribution in [0.5, 0.6) is 5.75 Å². The third-order valence-corrected chi connectivity index (χ3v) is 4.27. The molecule has 0 radical (unpaired) electrons. The van der Waals surface area contributed by atoms with Gasteiger partial charge in [0.1, 0.15) is 18.2 Å². The van der Waals surface area contributed by atoms with Gasteiger partial charge in [-0.25, -0.2) is 4.98 Å². The summed E-state index contributed by atoms with van der Waals surface area (Å²) in [5, 5.41) is 0. The molecule has 0 atom stereocenters. The number of hydrogen-bond donors (Lipinski definition) is 1. The number of fused-ring (bicyclic) bond motifs is 1. The van der Waals surface area contributed by atoms with Crippen LogP contribution in [-0.4, -0.2) is 16.1 Å². The number of imidazole rings is 1. The van der Waals surface area contributed by atoms with Crippen LogP contribution in [0.2, 0.25) is 0 Å². The first kappa shape index (κ1) is 16.5. The lowest BCUT2D eigenvalue weighted by Gasteiger charge is -2.12. The number of hydrogen-bond acceptors (Lipinski definition) is 3. The predicted molar refractivity (Wildman–Crippen MR) is 98.3 cm³/mol. The minimum Gasteiger partial charge on any atom is -0.485 e. The van der Waals surface area contributed by atoms with Crippen LogP contribution < -0.4 is 10.5 Å². The molecule has 0 aliphatic rings. The number of unbranched alkanes of at least 4 members (excludes halogenated alkanes) is 1. The highest BCUT2D eigenvalue weighted by Crippen LogP contribution is 2.22. The van der Waals surface area contributed by atoms with Crippen molar-refractivity contribution in [2.24, 2.45) is 5.73 Å². The monoisotopic (exact) mass is 323 g/mol. The maximum atomic E-state index is 6.07. The van der Waals surface area contributed by atoms with Gasteiger partial charge in [-0.1, -0.05) is 24.3 Å². The third-order valence-electron chi connectivity index (χ3n) is 4.27. The first-order chi connectivity index (χ1) is 11.7. The maximum Gasteiger partial charge on any atom is 0.147 e. The minimum absolute atomic E-state index is 0.474. The van der Waals surface area contributed by atoms with Gasteiger partial charge in [0, 0.05) is 6.54 Å². The summed E-state index contributed by atoms with van der Waals surface area (Å²) in [6.07, 6.45) is 2.07. The van der Waals surface area contributed by atoms with Gasteiger partial charge < -0.3 is 15.0 Å². The van der Waals surface area contributed by atoms with Crippen LogP contribution >= 0.6 is 0 Å². The van der Waals surface area contributed by atoms with E-state index in [4.69, 9.17) is 15.5 Å². The summed E-state index contributed by atoms with van der Waals surface area (Å²) in [6, 6.07) is 14.5. The molecule has 0 bridgehead atoms. The van der Waals surface area contributed by atoms with Crippen molar-refractivity contribution in [3.05, 3.63) is 59.4 Å². The first-order valence-electron chi connectivity index (χ1n) is 8.53. The molecule has 3 rings (SSSR count). The van der Waals surface area contributed by atoms with E-state index in [1.165, 1.54) is 5.56 Å². The Morgan fingerprint density at radius 3 is 2.75 bits per heavy atom. The summed E-state index contributed by atoms with van der Waals surface area (Å²) in [4.78, 5) is 4.77. The quantitative estimate of drug-likeness (QED) is 0.669. The van der Waals surface area contributed by atoms with Crippen LogP contribution in [-0.2, 0) is 13.2 Å². The molecule has 0 amide bonds. The third kappa shape index (κ3) is 3.60. The fourth-order valence-electron chi connectivity index (χ4n) is 2.90. The van der Waals surface area contributed by atoms with Crippen molar-refractivity contribution < 1.29 is 4.74 Å². The lowest BCUT2D eigenvalue weighted by atomic mass is 10.1. The number of rotatable bonds is 7. The molecular formula is C20H25N3O. The Balaban J connectivity index is 1.85. The van der Waals surface area contributed by atoms with E-state index >= 15 is 0 Å². The highest BCUT2D eigenvalue weighted by molar-refractivity contribution is 5.75. The van der Waals surface area contributed by atoms with E-state index in [1.807, 2.05) is 6.07 Å². The zero-order valence-corrected chi connectivity index (χ0v) is 14.5. The normalized spacial score (nSPS) is 11.1. The molecule has 1 heterocycles. The Hall–Kier alpha value is -2.33. The molecule has 0 aliphatic heterocycles. The van der Waals surface area contributed by atoms with Gasteiger partial charge in [0.25, 0.3) is 0 Å². The van der Waals surface area contributed by atoms with Gasteiger partial charge >= 0.3 is 0 Å². The van der Waals surface area contributed by atoms with Crippen LogP contribution in [0.4, 0.5) is 0 Å². The first-order valence-corrected chi connectivity index (χ1v) is 8.53. The standard InChI is InChI=1S/C20H25N3O/c1-15-9-10-16(2)19(13-15)24-14-20-22-17-7-3-4-8-18(17)23(20)12-6-5-11-21/h3-4,7-10,13H,5-6,11-12,14,21H2,1-2H3. The van der Waals surface area contributed by atoms with Gasteiger partial charge in [-0.2, -0.15) is 0 Å². The number of aromatic nitrogens is 2. The Bertz CT molecular complexity index is 823. The largest absolute Gasteiger partial charge is 0.485 e. The van der Waals surface area contributed by atoms with Crippen molar-refractivity contribution in [2.75, 3.05) is 6.54 Å². The molecule has 4 nitrogen and oxygen atoms in total. The molecular weight excluding hydrogens is 298 g/mol. The van der Waals surface area contributed by atoms with Gasteiger partial charge in [0.15, 0.2) is 0 Å². The van der Waals surface area contributed by atoms with E-state index < -0.39 is 0 Å². The van der Waals surface area contributed by atoms with Crippen LogP contribution in [0.25, 0.3) is 11.0 Å². The number of benzene rings is 2. The fraction of sp³-hybridized carbons (Fsp3) is 0.350. The average Bonchev–Trinajstić information content (AvgIpc) is 2.94. The number of ether oxygens (including phenoxy) is 1. The summed E-state index contributed by atoms with van der Waals surface area (Å²) in [5.74, 6) is 1.89. The maximum absolute atomic E-state index is 6.07. The van der Waals surface area contributed by atoms with Crippen molar-refractivity contribution in [2.45, 2.75) is 39.8 Å². The second-order valence-corrected chi connectivity index (χ2v) is 6.22. The van der Waals surface area contributed by atoms with Crippen LogP contribution in [0.3, 0.4) is 0 Å². The summed E-state index contributed by atoms with van der Waals surface area (Å²) in [5.41, 5.74) is 10.2. The second-order valence-electron chi connectivity index (χ2n) is 6.22. The van der Waals surface area contributed by atoms with Crippen molar-refractivity contribution >= 4 is 11.0 Å². The lowest BCUT2D eigenvalue weighted by molar-refractivity contribution is 0.287. The van der Waals surface area contributed by atoms with E-state index in [0.717, 1.165) is 54.1 Å². The zero-order valence-electron chi connectivity index (χ0n) is 14.5. The fourth-order valence-corrected chi connectivity index (χ4v) is 2.90. The molecule has 3 aromatic rings. The molecule has 24 heavy (non-hydrogen) atoms. The van der Waals surface area contributed by atoms with Gasteiger partial charge in [0.05, 0.1) is 11.0 Å². The second kappa shape index (κ2) is 7.49.